The highest BCUT2D eigenvalue weighted by Gasteiger charge is 2.58. The molecule has 4 aliphatic carbocycles. The van der Waals surface area contributed by atoms with Crippen molar-refractivity contribution in [3.05, 3.63) is 24.0 Å². The average molecular weight is 810 g/mol. The zero-order valence-corrected chi connectivity index (χ0v) is 40.0. The van der Waals surface area contributed by atoms with E-state index in [2.05, 4.69) is 66.8 Å². The van der Waals surface area contributed by atoms with Gasteiger partial charge in [0.25, 0.3) is 0 Å². The molecule has 0 aromatic rings. The van der Waals surface area contributed by atoms with Crippen molar-refractivity contribution in [2.45, 2.75) is 211 Å². The van der Waals surface area contributed by atoms with E-state index in [-0.39, 0.29) is 24.0 Å². The van der Waals surface area contributed by atoms with E-state index in [9.17, 15) is 9.59 Å². The van der Waals surface area contributed by atoms with Gasteiger partial charge in [-0.05, 0) is 169 Å². The lowest BCUT2D eigenvalue weighted by atomic mass is 9.47. The van der Waals surface area contributed by atoms with Gasteiger partial charge in [0.05, 0.1) is 17.8 Å². The summed E-state index contributed by atoms with van der Waals surface area (Å²) in [5.41, 5.74) is 1.27. The number of hydrogen-bond donors (Lipinski definition) is 1. The maximum absolute atomic E-state index is 13.1. The standard InChI is InChI=1S/C52H91NO5/c1-37(2)20-16-17-21-39-25-27-43-42-26-24-40-36-41(28-30-52(40,12)44(42)29-31-51(39,43)11)56-34-18-14-15-22-45(58-46(54)23-19-33-53-13)50(9,10)48(5,6)32-35-57-47(55)49(7,8)38(3)4/h24,32,35,37-39,41-45,53H,14-23,25-31,33-34,36H2,1-13H3. The van der Waals surface area contributed by atoms with Crippen LogP contribution in [-0.2, 0) is 23.8 Å². The first-order chi connectivity index (χ1) is 27.2. The van der Waals surface area contributed by atoms with Gasteiger partial charge in [0.2, 0.25) is 0 Å². The molecule has 0 aliphatic heterocycles. The Bertz CT molecular complexity index is 1380. The molecule has 0 amide bonds. The monoisotopic (exact) mass is 810 g/mol. The molecule has 334 valence electrons. The van der Waals surface area contributed by atoms with Gasteiger partial charge in [0.1, 0.15) is 6.10 Å². The van der Waals surface area contributed by atoms with Crippen molar-refractivity contribution in [2.24, 2.45) is 62.6 Å². The molecule has 0 aromatic carbocycles. The molecule has 0 spiro atoms. The van der Waals surface area contributed by atoms with E-state index in [0.717, 1.165) is 81.3 Å². The predicted molar refractivity (Wildman–Crippen MR) is 241 cm³/mol. The molecule has 0 aromatic heterocycles. The Labute approximate surface area is 357 Å². The van der Waals surface area contributed by atoms with Gasteiger partial charge in [0.15, 0.2) is 0 Å². The van der Waals surface area contributed by atoms with Crippen LogP contribution < -0.4 is 5.32 Å². The van der Waals surface area contributed by atoms with E-state index in [4.69, 9.17) is 14.2 Å². The van der Waals surface area contributed by atoms with Crippen molar-refractivity contribution in [3.8, 4) is 0 Å². The number of rotatable bonds is 23. The van der Waals surface area contributed by atoms with Crippen molar-refractivity contribution < 1.29 is 23.8 Å². The van der Waals surface area contributed by atoms with Gasteiger partial charge in [-0.25, -0.2) is 0 Å². The minimum absolute atomic E-state index is 0.142. The minimum atomic E-state index is -0.572. The van der Waals surface area contributed by atoms with Crippen LogP contribution in [-0.4, -0.2) is 44.3 Å². The molecule has 6 nitrogen and oxygen atoms in total. The summed E-state index contributed by atoms with van der Waals surface area (Å²) in [4.78, 5) is 25.9. The minimum Gasteiger partial charge on any atom is -0.462 e. The highest BCUT2D eigenvalue weighted by atomic mass is 16.5. The summed E-state index contributed by atoms with van der Waals surface area (Å²) in [6, 6.07) is 0. The van der Waals surface area contributed by atoms with Crippen molar-refractivity contribution >= 4 is 11.9 Å². The quantitative estimate of drug-likeness (QED) is 0.0480. The van der Waals surface area contributed by atoms with Gasteiger partial charge in [-0.2, -0.15) is 0 Å². The van der Waals surface area contributed by atoms with Crippen molar-refractivity contribution in [1.29, 1.82) is 0 Å². The normalized spacial score (nSPS) is 29.6. The third-order valence-electron chi connectivity index (χ3n) is 17.5. The van der Waals surface area contributed by atoms with Gasteiger partial charge < -0.3 is 19.5 Å². The first kappa shape index (κ1) is 49.0. The van der Waals surface area contributed by atoms with Crippen LogP contribution in [0.25, 0.3) is 0 Å². The lowest BCUT2D eigenvalue weighted by Crippen LogP contribution is -2.50. The zero-order valence-electron chi connectivity index (χ0n) is 40.0. The number of unbranched alkanes of at least 4 members (excludes halogenated alkanes) is 3. The molecule has 0 radical (unpaired) electrons. The Balaban J connectivity index is 1.27. The topological polar surface area (TPSA) is 73.9 Å². The van der Waals surface area contributed by atoms with Crippen molar-refractivity contribution in [1.82, 2.24) is 5.32 Å². The smallest absolute Gasteiger partial charge is 0.316 e. The molecule has 8 unspecified atom stereocenters. The molecule has 1 N–H and O–H groups in total. The summed E-state index contributed by atoms with van der Waals surface area (Å²) >= 11 is 0. The fraction of sp³-hybridized carbons (Fsp3) is 0.885. The molecular weight excluding hydrogens is 719 g/mol. The first-order valence-corrected chi connectivity index (χ1v) is 24.2. The van der Waals surface area contributed by atoms with Gasteiger partial charge in [-0.3, -0.25) is 9.59 Å². The second-order valence-electron chi connectivity index (χ2n) is 22.6. The molecule has 0 bridgehead atoms. The number of carbonyl (C=O) groups excluding carboxylic acids is 2. The molecule has 4 aliphatic rings. The number of allylic oxidation sites excluding steroid dienone is 2. The third kappa shape index (κ3) is 11.6. The summed E-state index contributed by atoms with van der Waals surface area (Å²) in [5.74, 6) is 4.24. The highest BCUT2D eigenvalue weighted by Crippen LogP contribution is 2.67. The van der Waals surface area contributed by atoms with E-state index in [1.165, 1.54) is 70.6 Å². The van der Waals surface area contributed by atoms with Gasteiger partial charge in [-0.1, -0.05) is 107 Å². The van der Waals surface area contributed by atoms with Gasteiger partial charge >= 0.3 is 11.9 Å². The number of carbonyl (C=O) groups is 2. The van der Waals surface area contributed by atoms with Gasteiger partial charge in [0, 0.05) is 18.4 Å². The molecular formula is C52H91NO5. The fourth-order valence-corrected chi connectivity index (χ4v) is 11.6. The molecule has 8 atom stereocenters. The molecule has 58 heavy (non-hydrogen) atoms. The van der Waals surface area contributed by atoms with Crippen LogP contribution in [0.1, 0.15) is 199 Å². The van der Waals surface area contributed by atoms with Crippen LogP contribution in [0.3, 0.4) is 0 Å². The van der Waals surface area contributed by atoms with Crippen molar-refractivity contribution in [3.63, 3.8) is 0 Å². The summed E-state index contributed by atoms with van der Waals surface area (Å²) in [7, 11) is 1.91. The molecule has 3 saturated carbocycles. The van der Waals surface area contributed by atoms with Crippen LogP contribution >= 0.6 is 0 Å². The summed E-state index contributed by atoms with van der Waals surface area (Å²) in [5, 5.41) is 3.13. The lowest BCUT2D eigenvalue weighted by Gasteiger charge is -2.58. The number of esters is 2. The molecule has 6 heteroatoms. The highest BCUT2D eigenvalue weighted by molar-refractivity contribution is 5.76. The van der Waals surface area contributed by atoms with Crippen LogP contribution in [0.5, 0.6) is 0 Å². The number of hydrogen-bond acceptors (Lipinski definition) is 6. The second-order valence-corrected chi connectivity index (χ2v) is 22.6. The number of fused-ring (bicyclic) bond motifs is 5. The maximum atomic E-state index is 13.1. The van der Waals surface area contributed by atoms with Crippen molar-refractivity contribution in [2.75, 3.05) is 20.2 Å². The second kappa shape index (κ2) is 20.9. The van der Waals surface area contributed by atoms with E-state index in [0.29, 0.717) is 23.4 Å². The predicted octanol–water partition coefficient (Wildman–Crippen LogP) is 13.4. The first-order valence-electron chi connectivity index (χ1n) is 24.2. The lowest BCUT2D eigenvalue weighted by molar-refractivity contribution is -0.160. The Morgan fingerprint density at radius 2 is 1.60 bits per heavy atom. The van der Waals surface area contributed by atoms with Gasteiger partial charge in [-0.15, -0.1) is 0 Å². The summed E-state index contributed by atoms with van der Waals surface area (Å²) in [6.07, 6.45) is 27.7. The zero-order chi connectivity index (χ0) is 42.9. The number of nitrogens with one attached hydrogen (secondary N) is 1. The summed E-state index contributed by atoms with van der Waals surface area (Å²) in [6.45, 7) is 28.2. The third-order valence-corrected chi connectivity index (χ3v) is 17.5. The van der Waals surface area contributed by atoms with E-state index < -0.39 is 16.2 Å². The van der Waals surface area contributed by atoms with Crippen LogP contribution in [0.15, 0.2) is 24.0 Å². The Hall–Kier alpha value is -1.66. The summed E-state index contributed by atoms with van der Waals surface area (Å²) < 4.78 is 18.6. The van der Waals surface area contributed by atoms with E-state index >= 15 is 0 Å². The Kier molecular flexibility index (Phi) is 17.7. The van der Waals surface area contributed by atoms with Crippen LogP contribution in [0.4, 0.5) is 0 Å². The maximum Gasteiger partial charge on any atom is 0.316 e. The number of ether oxygens (including phenoxy) is 3. The Morgan fingerprint density at radius 3 is 2.29 bits per heavy atom. The Morgan fingerprint density at radius 1 is 0.879 bits per heavy atom. The molecule has 4 rings (SSSR count). The SMILES string of the molecule is CNCCCC(=O)OC(CCCCCOC1CCC2(C)C(=CCC3C2CCC2(C)C(CCCCC(C)C)CCC32)C1)C(C)(C)C(C)(C)C=COC(=O)C(C)(C)C(C)C. The molecule has 0 heterocycles. The van der Waals surface area contributed by atoms with Crippen LogP contribution in [0.2, 0.25) is 0 Å². The fourth-order valence-electron chi connectivity index (χ4n) is 11.6. The van der Waals surface area contributed by atoms with Crippen LogP contribution in [0, 0.1) is 62.6 Å². The van der Waals surface area contributed by atoms with E-state index in [1.807, 2.05) is 40.8 Å². The molecule has 0 saturated heterocycles. The largest absolute Gasteiger partial charge is 0.462 e. The van der Waals surface area contributed by atoms with E-state index in [1.54, 1.807) is 11.8 Å². The average Bonchev–Trinajstić information content (AvgIpc) is 3.49. The molecule has 3 fully saturated rings.